The van der Waals surface area contributed by atoms with Gasteiger partial charge in [0.1, 0.15) is 18.0 Å². The average molecular weight is 280 g/mol. The van der Waals surface area contributed by atoms with Crippen molar-refractivity contribution in [1.82, 2.24) is 9.97 Å². The number of aromatic nitrogens is 2. The van der Waals surface area contributed by atoms with Crippen molar-refractivity contribution in [3.8, 4) is 0 Å². The second kappa shape index (κ2) is 8.74. The Bertz CT molecular complexity index is 386. The maximum atomic E-state index is 5.14. The van der Waals surface area contributed by atoms with Crippen LogP contribution < -0.4 is 9.80 Å². The average Bonchev–Trinajstić information content (AvgIpc) is 2.49. The van der Waals surface area contributed by atoms with Gasteiger partial charge in [-0.2, -0.15) is 0 Å². The quantitative estimate of drug-likeness (QED) is 0.695. The SMILES string of the molecule is CCCN(CC)c1cc(N(C)C(C)CCOC)ncn1. The van der Waals surface area contributed by atoms with Gasteiger partial charge < -0.3 is 14.5 Å². The summed E-state index contributed by atoms with van der Waals surface area (Å²) < 4.78 is 5.14. The first kappa shape index (κ1) is 16.7. The van der Waals surface area contributed by atoms with Gasteiger partial charge in [0.25, 0.3) is 0 Å². The van der Waals surface area contributed by atoms with E-state index in [0.29, 0.717) is 6.04 Å². The smallest absolute Gasteiger partial charge is 0.134 e. The molecule has 114 valence electrons. The van der Waals surface area contributed by atoms with Crippen LogP contribution in [0.5, 0.6) is 0 Å². The number of hydrogen-bond acceptors (Lipinski definition) is 5. The topological polar surface area (TPSA) is 41.5 Å². The molecular weight excluding hydrogens is 252 g/mol. The summed E-state index contributed by atoms with van der Waals surface area (Å²) >= 11 is 0. The molecule has 1 unspecified atom stereocenters. The first-order valence-corrected chi connectivity index (χ1v) is 7.42. The van der Waals surface area contributed by atoms with Crippen molar-refractivity contribution in [2.75, 3.05) is 43.7 Å². The molecule has 0 bridgehead atoms. The summed E-state index contributed by atoms with van der Waals surface area (Å²) in [6.45, 7) is 9.28. The highest BCUT2D eigenvalue weighted by molar-refractivity contribution is 5.50. The van der Waals surface area contributed by atoms with Crippen LogP contribution in [0.4, 0.5) is 11.6 Å². The molecule has 0 aliphatic heterocycles. The largest absolute Gasteiger partial charge is 0.385 e. The lowest BCUT2D eigenvalue weighted by atomic mass is 10.2. The molecule has 5 nitrogen and oxygen atoms in total. The molecule has 1 atom stereocenters. The molecule has 0 saturated heterocycles. The van der Waals surface area contributed by atoms with E-state index in [1.54, 1.807) is 13.4 Å². The Labute approximate surface area is 123 Å². The normalized spacial score (nSPS) is 12.2. The van der Waals surface area contributed by atoms with E-state index >= 15 is 0 Å². The first-order valence-electron chi connectivity index (χ1n) is 7.42. The lowest BCUT2D eigenvalue weighted by Crippen LogP contribution is -2.31. The number of rotatable bonds is 9. The van der Waals surface area contributed by atoms with E-state index in [0.717, 1.165) is 44.2 Å². The molecular formula is C15H28N4O. The van der Waals surface area contributed by atoms with Crippen molar-refractivity contribution >= 4 is 11.6 Å². The second-order valence-electron chi connectivity index (χ2n) is 5.06. The molecule has 0 spiro atoms. The monoisotopic (exact) mass is 280 g/mol. The molecule has 0 aliphatic rings. The van der Waals surface area contributed by atoms with E-state index in [2.05, 4.69) is 53.7 Å². The highest BCUT2D eigenvalue weighted by atomic mass is 16.5. The molecule has 0 amide bonds. The summed E-state index contributed by atoms with van der Waals surface area (Å²) in [5, 5.41) is 0. The van der Waals surface area contributed by atoms with Crippen molar-refractivity contribution in [3.05, 3.63) is 12.4 Å². The summed E-state index contributed by atoms with van der Waals surface area (Å²) in [7, 11) is 3.81. The summed E-state index contributed by atoms with van der Waals surface area (Å²) in [6, 6.07) is 2.46. The molecule has 20 heavy (non-hydrogen) atoms. The standard InChI is InChI=1S/C15H28N4O/c1-6-9-19(7-2)15-11-14(16-12-17-15)18(4)13(3)8-10-20-5/h11-13H,6-10H2,1-5H3. The fraction of sp³-hybridized carbons (Fsp3) is 0.733. The van der Waals surface area contributed by atoms with Crippen LogP contribution in [0.2, 0.25) is 0 Å². The van der Waals surface area contributed by atoms with Gasteiger partial charge in [0, 0.05) is 46.0 Å². The van der Waals surface area contributed by atoms with E-state index in [-0.39, 0.29) is 0 Å². The Morgan fingerprint density at radius 3 is 2.55 bits per heavy atom. The highest BCUT2D eigenvalue weighted by Crippen LogP contribution is 2.19. The van der Waals surface area contributed by atoms with E-state index in [9.17, 15) is 0 Å². The molecule has 1 rings (SSSR count). The van der Waals surface area contributed by atoms with Crippen molar-refractivity contribution < 1.29 is 4.74 Å². The zero-order chi connectivity index (χ0) is 15.0. The third kappa shape index (κ3) is 4.63. The molecule has 0 aromatic carbocycles. The van der Waals surface area contributed by atoms with Crippen LogP contribution in [0.1, 0.15) is 33.6 Å². The molecule has 0 saturated carbocycles. The molecule has 5 heteroatoms. The molecule has 0 N–H and O–H groups in total. The van der Waals surface area contributed by atoms with E-state index in [1.165, 1.54) is 0 Å². The van der Waals surface area contributed by atoms with Gasteiger partial charge in [-0.3, -0.25) is 0 Å². The predicted molar refractivity (Wildman–Crippen MR) is 84.6 cm³/mol. The lowest BCUT2D eigenvalue weighted by molar-refractivity contribution is 0.189. The summed E-state index contributed by atoms with van der Waals surface area (Å²) in [5.41, 5.74) is 0. The highest BCUT2D eigenvalue weighted by Gasteiger charge is 2.13. The van der Waals surface area contributed by atoms with E-state index < -0.39 is 0 Å². The van der Waals surface area contributed by atoms with Gasteiger partial charge in [-0.05, 0) is 26.7 Å². The number of ether oxygens (including phenoxy) is 1. The maximum absolute atomic E-state index is 5.14. The van der Waals surface area contributed by atoms with Crippen LogP contribution in [0.15, 0.2) is 12.4 Å². The van der Waals surface area contributed by atoms with Crippen molar-refractivity contribution in [2.24, 2.45) is 0 Å². The van der Waals surface area contributed by atoms with Crippen molar-refractivity contribution in [3.63, 3.8) is 0 Å². The van der Waals surface area contributed by atoms with Crippen LogP contribution in [0, 0.1) is 0 Å². The minimum atomic E-state index is 0.388. The van der Waals surface area contributed by atoms with Crippen molar-refractivity contribution in [2.45, 2.75) is 39.7 Å². The van der Waals surface area contributed by atoms with Gasteiger partial charge in [0.15, 0.2) is 0 Å². The zero-order valence-corrected chi connectivity index (χ0v) is 13.5. The molecule has 0 radical (unpaired) electrons. The molecule has 1 heterocycles. The minimum absolute atomic E-state index is 0.388. The van der Waals surface area contributed by atoms with Crippen LogP contribution in [0.3, 0.4) is 0 Å². The first-order chi connectivity index (χ1) is 9.63. The maximum Gasteiger partial charge on any atom is 0.134 e. The molecule has 0 fully saturated rings. The number of nitrogens with zero attached hydrogens (tertiary/aromatic N) is 4. The van der Waals surface area contributed by atoms with Gasteiger partial charge in [-0.1, -0.05) is 6.92 Å². The van der Waals surface area contributed by atoms with Crippen molar-refractivity contribution in [1.29, 1.82) is 0 Å². The number of hydrogen-bond donors (Lipinski definition) is 0. The zero-order valence-electron chi connectivity index (χ0n) is 13.5. The van der Waals surface area contributed by atoms with Crippen LogP contribution in [-0.4, -0.2) is 49.9 Å². The predicted octanol–water partition coefficient (Wildman–Crippen LogP) is 2.57. The van der Waals surface area contributed by atoms with Gasteiger partial charge in [0.2, 0.25) is 0 Å². The summed E-state index contributed by atoms with van der Waals surface area (Å²) in [5.74, 6) is 1.97. The van der Waals surface area contributed by atoms with Crippen LogP contribution >= 0.6 is 0 Å². The summed E-state index contributed by atoms with van der Waals surface area (Å²) in [6.07, 6.45) is 3.76. The molecule has 0 aliphatic carbocycles. The van der Waals surface area contributed by atoms with Crippen LogP contribution in [0.25, 0.3) is 0 Å². The van der Waals surface area contributed by atoms with Gasteiger partial charge in [-0.15, -0.1) is 0 Å². The molecule has 1 aromatic rings. The van der Waals surface area contributed by atoms with Crippen LogP contribution in [-0.2, 0) is 4.74 Å². The number of methoxy groups -OCH3 is 1. The Balaban J connectivity index is 2.80. The number of anilines is 2. The second-order valence-corrected chi connectivity index (χ2v) is 5.06. The Morgan fingerprint density at radius 1 is 1.25 bits per heavy atom. The van der Waals surface area contributed by atoms with Gasteiger partial charge in [-0.25, -0.2) is 9.97 Å². The fourth-order valence-corrected chi connectivity index (χ4v) is 2.12. The Morgan fingerprint density at radius 2 is 1.95 bits per heavy atom. The summed E-state index contributed by atoms with van der Waals surface area (Å²) in [4.78, 5) is 13.3. The molecule has 1 aromatic heterocycles. The van der Waals surface area contributed by atoms with Gasteiger partial charge >= 0.3 is 0 Å². The third-order valence-corrected chi connectivity index (χ3v) is 3.60. The minimum Gasteiger partial charge on any atom is -0.385 e. The third-order valence-electron chi connectivity index (χ3n) is 3.60. The Hall–Kier alpha value is -1.36. The fourth-order valence-electron chi connectivity index (χ4n) is 2.12. The van der Waals surface area contributed by atoms with Gasteiger partial charge in [0.05, 0.1) is 0 Å². The van der Waals surface area contributed by atoms with E-state index in [4.69, 9.17) is 4.74 Å². The van der Waals surface area contributed by atoms with E-state index in [1.807, 2.05) is 0 Å². The lowest BCUT2D eigenvalue weighted by Gasteiger charge is -2.27. The Kier molecular flexibility index (Phi) is 7.30.